The zero-order valence-electron chi connectivity index (χ0n) is 10.1. The number of rotatable bonds is 5. The molecular formula is C14H15BrO2S. The summed E-state index contributed by atoms with van der Waals surface area (Å²) in [5, 5.41) is 13.9. The third kappa shape index (κ3) is 3.57. The number of thiophene rings is 1. The Labute approximate surface area is 119 Å². The molecule has 0 spiro atoms. The standard InChI is InChI=1S/C14H15BrO2S/c1-10(16)13-8-12(15)2-3-14(13)17-6-4-11-5-7-18-9-11/h2-3,5,7-10,16H,4,6H2,1H3/t10-/m0/s1. The Kier molecular flexibility index (Phi) is 4.80. The molecule has 0 bridgehead atoms. The first-order valence-electron chi connectivity index (χ1n) is 5.78. The lowest BCUT2D eigenvalue weighted by Gasteiger charge is -2.13. The highest BCUT2D eigenvalue weighted by atomic mass is 79.9. The maximum atomic E-state index is 9.71. The van der Waals surface area contributed by atoms with Crippen LogP contribution in [0.2, 0.25) is 0 Å². The van der Waals surface area contributed by atoms with Crippen molar-refractivity contribution in [1.82, 2.24) is 0 Å². The number of hydrogen-bond donors (Lipinski definition) is 1. The normalized spacial score (nSPS) is 12.4. The second-order valence-corrected chi connectivity index (χ2v) is 5.78. The molecule has 1 aromatic carbocycles. The molecule has 0 unspecified atom stereocenters. The van der Waals surface area contributed by atoms with Crippen molar-refractivity contribution < 1.29 is 9.84 Å². The van der Waals surface area contributed by atoms with Crippen LogP contribution in [-0.2, 0) is 6.42 Å². The quantitative estimate of drug-likeness (QED) is 0.892. The zero-order chi connectivity index (χ0) is 13.0. The molecule has 2 nitrogen and oxygen atoms in total. The van der Waals surface area contributed by atoms with Crippen LogP contribution in [0.1, 0.15) is 24.2 Å². The molecule has 1 aromatic heterocycles. The lowest BCUT2D eigenvalue weighted by Crippen LogP contribution is -2.04. The van der Waals surface area contributed by atoms with E-state index in [4.69, 9.17) is 4.74 Å². The van der Waals surface area contributed by atoms with Crippen molar-refractivity contribution in [2.75, 3.05) is 6.61 Å². The molecule has 18 heavy (non-hydrogen) atoms. The molecule has 2 rings (SSSR count). The van der Waals surface area contributed by atoms with Crippen LogP contribution in [0.3, 0.4) is 0 Å². The topological polar surface area (TPSA) is 29.5 Å². The average Bonchev–Trinajstić information content (AvgIpc) is 2.84. The van der Waals surface area contributed by atoms with Gasteiger partial charge in [-0.25, -0.2) is 0 Å². The van der Waals surface area contributed by atoms with Crippen LogP contribution in [-0.4, -0.2) is 11.7 Å². The Morgan fingerprint density at radius 1 is 1.39 bits per heavy atom. The summed E-state index contributed by atoms with van der Waals surface area (Å²) in [7, 11) is 0. The predicted octanol–water partition coefficient (Wildman–Crippen LogP) is 4.19. The van der Waals surface area contributed by atoms with Crippen molar-refractivity contribution in [3.63, 3.8) is 0 Å². The van der Waals surface area contributed by atoms with Gasteiger partial charge in [0.15, 0.2) is 0 Å². The molecule has 0 radical (unpaired) electrons. The highest BCUT2D eigenvalue weighted by Gasteiger charge is 2.09. The second-order valence-electron chi connectivity index (χ2n) is 4.09. The first-order chi connectivity index (χ1) is 8.66. The van der Waals surface area contributed by atoms with Crippen molar-refractivity contribution in [3.05, 3.63) is 50.6 Å². The van der Waals surface area contributed by atoms with E-state index in [-0.39, 0.29) is 0 Å². The van der Waals surface area contributed by atoms with Crippen molar-refractivity contribution in [3.8, 4) is 5.75 Å². The summed E-state index contributed by atoms with van der Waals surface area (Å²) in [6, 6.07) is 7.81. The van der Waals surface area contributed by atoms with E-state index in [2.05, 4.69) is 32.8 Å². The van der Waals surface area contributed by atoms with E-state index < -0.39 is 6.10 Å². The van der Waals surface area contributed by atoms with E-state index in [1.807, 2.05) is 18.2 Å². The molecule has 1 N–H and O–H groups in total. The number of ether oxygens (including phenoxy) is 1. The molecule has 0 aliphatic rings. The maximum Gasteiger partial charge on any atom is 0.125 e. The van der Waals surface area contributed by atoms with E-state index in [0.29, 0.717) is 6.61 Å². The highest BCUT2D eigenvalue weighted by molar-refractivity contribution is 9.10. The first-order valence-corrected chi connectivity index (χ1v) is 7.52. The molecule has 1 atom stereocenters. The van der Waals surface area contributed by atoms with Crippen LogP contribution < -0.4 is 4.74 Å². The van der Waals surface area contributed by atoms with E-state index in [1.54, 1.807) is 18.3 Å². The van der Waals surface area contributed by atoms with Crippen molar-refractivity contribution in [2.45, 2.75) is 19.4 Å². The van der Waals surface area contributed by atoms with Gasteiger partial charge in [-0.3, -0.25) is 0 Å². The molecule has 0 saturated carbocycles. The van der Waals surface area contributed by atoms with Gasteiger partial charge in [0.1, 0.15) is 5.75 Å². The number of halogens is 1. The molecule has 0 saturated heterocycles. The molecule has 1 heterocycles. The number of aliphatic hydroxyl groups is 1. The molecule has 0 aliphatic carbocycles. The van der Waals surface area contributed by atoms with Gasteiger partial charge in [0.25, 0.3) is 0 Å². The minimum atomic E-state index is -0.529. The highest BCUT2D eigenvalue weighted by Crippen LogP contribution is 2.28. The van der Waals surface area contributed by atoms with Crippen LogP contribution in [0.4, 0.5) is 0 Å². The minimum Gasteiger partial charge on any atom is -0.493 e. The number of aliphatic hydroxyl groups excluding tert-OH is 1. The average molecular weight is 327 g/mol. The van der Waals surface area contributed by atoms with Gasteiger partial charge in [0, 0.05) is 16.5 Å². The van der Waals surface area contributed by atoms with E-state index >= 15 is 0 Å². The molecule has 96 valence electrons. The summed E-state index contributed by atoms with van der Waals surface area (Å²) < 4.78 is 6.70. The van der Waals surface area contributed by atoms with Crippen molar-refractivity contribution >= 4 is 27.3 Å². The monoisotopic (exact) mass is 326 g/mol. The predicted molar refractivity (Wildman–Crippen MR) is 78.3 cm³/mol. The maximum absolute atomic E-state index is 9.71. The molecule has 0 fully saturated rings. The van der Waals surface area contributed by atoms with Gasteiger partial charge < -0.3 is 9.84 Å². The molecule has 4 heteroatoms. The van der Waals surface area contributed by atoms with E-state index in [1.165, 1.54) is 5.56 Å². The van der Waals surface area contributed by atoms with Gasteiger partial charge in [0.2, 0.25) is 0 Å². The van der Waals surface area contributed by atoms with Gasteiger partial charge in [-0.2, -0.15) is 11.3 Å². The number of benzene rings is 1. The third-order valence-corrected chi connectivity index (χ3v) is 3.88. The Balaban J connectivity index is 2.00. The van der Waals surface area contributed by atoms with Crippen LogP contribution >= 0.6 is 27.3 Å². The van der Waals surface area contributed by atoms with Crippen LogP contribution in [0.25, 0.3) is 0 Å². The fourth-order valence-corrected chi connectivity index (χ4v) is 2.77. The Hall–Kier alpha value is -0.840. The summed E-state index contributed by atoms with van der Waals surface area (Å²) in [6.07, 6.45) is 0.359. The summed E-state index contributed by atoms with van der Waals surface area (Å²) in [4.78, 5) is 0. The fourth-order valence-electron chi connectivity index (χ4n) is 1.69. The summed E-state index contributed by atoms with van der Waals surface area (Å²) >= 11 is 5.09. The Bertz CT molecular complexity index is 495. The summed E-state index contributed by atoms with van der Waals surface area (Å²) in [5.41, 5.74) is 2.10. The summed E-state index contributed by atoms with van der Waals surface area (Å²) in [5.74, 6) is 0.753. The Morgan fingerprint density at radius 3 is 2.89 bits per heavy atom. The molecule has 0 aliphatic heterocycles. The molecule has 0 amide bonds. The first kappa shape index (κ1) is 13.6. The van der Waals surface area contributed by atoms with Gasteiger partial charge in [-0.1, -0.05) is 15.9 Å². The minimum absolute atomic E-state index is 0.529. The van der Waals surface area contributed by atoms with E-state index in [0.717, 1.165) is 22.2 Å². The molecule has 2 aromatic rings. The fraction of sp³-hybridized carbons (Fsp3) is 0.286. The lowest BCUT2D eigenvalue weighted by atomic mass is 10.1. The van der Waals surface area contributed by atoms with Crippen molar-refractivity contribution in [1.29, 1.82) is 0 Å². The SMILES string of the molecule is C[C@H](O)c1cc(Br)ccc1OCCc1ccsc1. The van der Waals surface area contributed by atoms with Crippen LogP contribution in [0, 0.1) is 0 Å². The van der Waals surface area contributed by atoms with Gasteiger partial charge >= 0.3 is 0 Å². The van der Waals surface area contributed by atoms with Crippen molar-refractivity contribution in [2.24, 2.45) is 0 Å². The Morgan fingerprint density at radius 2 is 2.22 bits per heavy atom. The second kappa shape index (κ2) is 6.36. The van der Waals surface area contributed by atoms with E-state index in [9.17, 15) is 5.11 Å². The van der Waals surface area contributed by atoms with Crippen LogP contribution in [0.15, 0.2) is 39.5 Å². The van der Waals surface area contributed by atoms with Gasteiger partial charge in [-0.05, 0) is 47.5 Å². The van der Waals surface area contributed by atoms with Crippen LogP contribution in [0.5, 0.6) is 5.75 Å². The number of hydrogen-bond acceptors (Lipinski definition) is 3. The third-order valence-electron chi connectivity index (χ3n) is 2.65. The van der Waals surface area contributed by atoms with Gasteiger partial charge in [-0.15, -0.1) is 0 Å². The zero-order valence-corrected chi connectivity index (χ0v) is 12.5. The smallest absolute Gasteiger partial charge is 0.125 e. The lowest BCUT2D eigenvalue weighted by molar-refractivity contribution is 0.191. The largest absolute Gasteiger partial charge is 0.493 e. The van der Waals surface area contributed by atoms with Gasteiger partial charge in [0.05, 0.1) is 12.7 Å². The molecular weight excluding hydrogens is 312 g/mol. The summed E-state index contributed by atoms with van der Waals surface area (Å²) in [6.45, 7) is 2.37.